The first-order chi connectivity index (χ1) is 12.4. The highest BCUT2D eigenvalue weighted by atomic mass is 32.2. The van der Waals surface area contributed by atoms with E-state index in [9.17, 15) is 8.42 Å². The lowest BCUT2D eigenvalue weighted by atomic mass is 10.2. The Morgan fingerprint density at radius 3 is 2.00 bits per heavy atom. The summed E-state index contributed by atoms with van der Waals surface area (Å²) in [5.74, 6) is 0.674. The number of nitrogens with zero attached hydrogens (tertiary/aromatic N) is 3. The minimum Gasteiger partial charge on any atom is -0.378 e. The summed E-state index contributed by atoms with van der Waals surface area (Å²) in [6.07, 6.45) is 0. The molecule has 7 nitrogen and oxygen atoms in total. The van der Waals surface area contributed by atoms with E-state index < -0.39 is 10.0 Å². The first kappa shape index (κ1) is 17.7. The van der Waals surface area contributed by atoms with E-state index in [1.165, 1.54) is 12.1 Å². The Labute approximate surface area is 152 Å². The summed E-state index contributed by atoms with van der Waals surface area (Å²) in [6.45, 7) is 0. The summed E-state index contributed by atoms with van der Waals surface area (Å²) in [4.78, 5) is 2.18. The van der Waals surface area contributed by atoms with Gasteiger partial charge in [-0.25, -0.2) is 8.42 Å². The zero-order chi connectivity index (χ0) is 18.6. The van der Waals surface area contributed by atoms with Gasteiger partial charge in [0.05, 0.1) is 4.90 Å². The highest BCUT2D eigenvalue weighted by molar-refractivity contribution is 7.92. The Kier molecular flexibility index (Phi) is 5.04. The van der Waals surface area contributed by atoms with Crippen molar-refractivity contribution in [1.82, 2.24) is 10.2 Å². The molecule has 0 saturated carbocycles. The molecule has 0 spiro atoms. The second-order valence-electron chi connectivity index (χ2n) is 5.79. The van der Waals surface area contributed by atoms with Gasteiger partial charge in [0.1, 0.15) is 0 Å². The van der Waals surface area contributed by atoms with E-state index in [2.05, 4.69) is 20.2 Å². The van der Waals surface area contributed by atoms with E-state index in [4.69, 9.17) is 0 Å². The van der Waals surface area contributed by atoms with Crippen LogP contribution in [0.1, 0.15) is 0 Å². The molecule has 134 valence electrons. The van der Waals surface area contributed by atoms with Gasteiger partial charge in [-0.05, 0) is 48.5 Å². The molecule has 0 fully saturated rings. The molecule has 0 aliphatic heterocycles. The average molecular weight is 369 g/mol. The van der Waals surface area contributed by atoms with Crippen LogP contribution in [0.25, 0.3) is 0 Å². The van der Waals surface area contributed by atoms with E-state index in [0.29, 0.717) is 5.82 Å². The third-order valence-electron chi connectivity index (χ3n) is 3.61. The van der Waals surface area contributed by atoms with E-state index in [1.807, 2.05) is 43.3 Å². The first-order valence-corrected chi connectivity index (χ1v) is 9.38. The molecule has 26 heavy (non-hydrogen) atoms. The summed E-state index contributed by atoms with van der Waals surface area (Å²) in [7, 11) is 0.275. The molecule has 3 aromatic rings. The Hall–Kier alpha value is -3.13. The summed E-state index contributed by atoms with van der Waals surface area (Å²) < 4.78 is 26.9. The van der Waals surface area contributed by atoms with Crippen molar-refractivity contribution in [2.75, 3.05) is 29.0 Å². The van der Waals surface area contributed by atoms with Gasteiger partial charge < -0.3 is 10.2 Å². The maximum atomic E-state index is 12.3. The number of hydrogen-bond donors (Lipinski definition) is 2. The minimum atomic E-state index is -3.68. The van der Waals surface area contributed by atoms with Gasteiger partial charge in [0.15, 0.2) is 11.6 Å². The van der Waals surface area contributed by atoms with Crippen LogP contribution in [0, 0.1) is 0 Å². The van der Waals surface area contributed by atoms with Crippen LogP contribution in [-0.4, -0.2) is 32.7 Å². The third kappa shape index (κ3) is 4.28. The molecular formula is C18H19N5O2S. The third-order valence-corrected chi connectivity index (χ3v) is 4.98. The molecule has 1 heterocycles. The smallest absolute Gasteiger partial charge is 0.263 e. The van der Waals surface area contributed by atoms with Gasteiger partial charge >= 0.3 is 0 Å². The van der Waals surface area contributed by atoms with Crippen molar-refractivity contribution in [3.05, 3.63) is 66.7 Å². The summed E-state index contributed by atoms with van der Waals surface area (Å²) >= 11 is 0. The van der Waals surface area contributed by atoms with Crippen molar-refractivity contribution >= 4 is 33.0 Å². The molecule has 0 bridgehead atoms. The number of nitrogens with one attached hydrogen (secondary N) is 2. The average Bonchev–Trinajstić information content (AvgIpc) is 2.64. The second-order valence-corrected chi connectivity index (χ2v) is 7.47. The minimum absolute atomic E-state index is 0.155. The van der Waals surface area contributed by atoms with Crippen molar-refractivity contribution in [3.8, 4) is 0 Å². The fourth-order valence-corrected chi connectivity index (χ4v) is 3.26. The van der Waals surface area contributed by atoms with Crippen molar-refractivity contribution in [1.29, 1.82) is 0 Å². The van der Waals surface area contributed by atoms with Crippen LogP contribution >= 0.6 is 0 Å². The normalized spacial score (nSPS) is 11.0. The van der Waals surface area contributed by atoms with Crippen LogP contribution in [0.3, 0.4) is 0 Å². The van der Waals surface area contributed by atoms with Gasteiger partial charge in [-0.1, -0.05) is 18.2 Å². The molecule has 0 saturated heterocycles. The number of benzene rings is 2. The lowest BCUT2D eigenvalue weighted by Crippen LogP contribution is -2.14. The summed E-state index contributed by atoms with van der Waals surface area (Å²) in [5, 5.41) is 11.1. The van der Waals surface area contributed by atoms with Crippen molar-refractivity contribution < 1.29 is 8.42 Å². The lowest BCUT2D eigenvalue weighted by Gasteiger charge is -2.13. The van der Waals surface area contributed by atoms with E-state index >= 15 is 0 Å². The van der Waals surface area contributed by atoms with Gasteiger partial charge in [0.25, 0.3) is 10.0 Å². The molecule has 3 rings (SSSR count). The van der Waals surface area contributed by atoms with Gasteiger partial charge in [-0.15, -0.1) is 10.2 Å². The molecule has 0 amide bonds. The SMILES string of the molecule is CN(C)c1ccc(Nc2ccc(NS(=O)(=O)c3ccccc3)nn2)cc1. The van der Waals surface area contributed by atoms with E-state index in [1.54, 1.807) is 30.3 Å². The van der Waals surface area contributed by atoms with Gasteiger partial charge in [-0.2, -0.15) is 0 Å². The largest absolute Gasteiger partial charge is 0.378 e. The fourth-order valence-electron chi connectivity index (χ4n) is 2.24. The standard InChI is InChI=1S/C18H19N5O2S/c1-23(2)15-10-8-14(9-11-15)19-17-12-13-18(21-20-17)22-26(24,25)16-6-4-3-5-7-16/h3-13H,1-2H3,(H,19,20)(H,21,22). The monoisotopic (exact) mass is 369 g/mol. The van der Waals surface area contributed by atoms with E-state index in [0.717, 1.165) is 11.4 Å². The van der Waals surface area contributed by atoms with Crippen molar-refractivity contribution in [3.63, 3.8) is 0 Å². The van der Waals surface area contributed by atoms with Crippen LogP contribution in [0.5, 0.6) is 0 Å². The molecule has 8 heteroatoms. The molecule has 0 unspecified atom stereocenters. The maximum absolute atomic E-state index is 12.3. The zero-order valence-corrected chi connectivity index (χ0v) is 15.2. The first-order valence-electron chi connectivity index (χ1n) is 7.90. The number of sulfonamides is 1. The zero-order valence-electron chi connectivity index (χ0n) is 14.4. The number of anilines is 4. The Bertz CT molecular complexity index is 957. The molecule has 0 aliphatic rings. The number of aromatic nitrogens is 2. The number of rotatable bonds is 6. The predicted octanol–water partition coefficient (Wildman–Crippen LogP) is 3.09. The highest BCUT2D eigenvalue weighted by Crippen LogP contribution is 2.20. The molecule has 2 N–H and O–H groups in total. The highest BCUT2D eigenvalue weighted by Gasteiger charge is 2.14. The van der Waals surface area contributed by atoms with Crippen LogP contribution < -0.4 is 14.9 Å². The van der Waals surface area contributed by atoms with Crippen LogP contribution in [-0.2, 0) is 10.0 Å². The maximum Gasteiger partial charge on any atom is 0.263 e. The van der Waals surface area contributed by atoms with Crippen molar-refractivity contribution in [2.24, 2.45) is 0 Å². The van der Waals surface area contributed by atoms with Crippen LogP contribution in [0.15, 0.2) is 71.6 Å². The molecule has 1 aromatic heterocycles. The van der Waals surface area contributed by atoms with Crippen LogP contribution in [0.2, 0.25) is 0 Å². The van der Waals surface area contributed by atoms with Gasteiger partial charge in [-0.3, -0.25) is 4.72 Å². The Morgan fingerprint density at radius 1 is 0.808 bits per heavy atom. The molecule has 0 atom stereocenters. The lowest BCUT2D eigenvalue weighted by molar-refractivity contribution is 0.601. The van der Waals surface area contributed by atoms with Gasteiger partial charge in [0, 0.05) is 25.5 Å². The Morgan fingerprint density at radius 2 is 1.42 bits per heavy atom. The number of hydrogen-bond acceptors (Lipinski definition) is 6. The second kappa shape index (κ2) is 7.40. The summed E-state index contributed by atoms with van der Waals surface area (Å²) in [6, 6.07) is 19.2. The molecular weight excluding hydrogens is 350 g/mol. The molecule has 0 aliphatic carbocycles. The molecule has 2 aromatic carbocycles. The predicted molar refractivity (Wildman–Crippen MR) is 103 cm³/mol. The van der Waals surface area contributed by atoms with Gasteiger partial charge in [0.2, 0.25) is 0 Å². The Balaban J connectivity index is 1.69. The summed E-state index contributed by atoms with van der Waals surface area (Å²) in [5.41, 5.74) is 1.95. The molecule has 0 radical (unpaired) electrons. The fraction of sp³-hybridized carbons (Fsp3) is 0.111. The van der Waals surface area contributed by atoms with Crippen LogP contribution in [0.4, 0.5) is 23.0 Å². The quantitative estimate of drug-likeness (QED) is 0.694. The van der Waals surface area contributed by atoms with Crippen molar-refractivity contribution in [2.45, 2.75) is 4.90 Å². The topological polar surface area (TPSA) is 87.2 Å². The van der Waals surface area contributed by atoms with E-state index in [-0.39, 0.29) is 10.7 Å².